The van der Waals surface area contributed by atoms with E-state index in [1.165, 1.54) is 89.9 Å². The number of nitrogens with one attached hydrogen (secondary N) is 1. The predicted molar refractivity (Wildman–Crippen MR) is 147 cm³/mol. The molecular weight excluding hydrogens is 422 g/mol. The average molecular weight is 480 g/mol. The van der Waals surface area contributed by atoms with E-state index in [0.29, 0.717) is 6.42 Å². The fourth-order valence-electron chi connectivity index (χ4n) is 4.13. The average Bonchev–Trinajstić information content (AvgIpc) is 2.84. The number of carbonyl (C=O) groups excluding carboxylic acids is 1. The number of rotatable bonds is 25. The third-order valence-electron chi connectivity index (χ3n) is 6.44. The van der Waals surface area contributed by atoms with E-state index in [1.54, 1.807) is 6.08 Å². The Bertz CT molecular complexity index is 489. The molecule has 34 heavy (non-hydrogen) atoms. The van der Waals surface area contributed by atoms with E-state index in [1.807, 2.05) is 6.08 Å². The molecule has 0 aromatic heterocycles. The highest BCUT2D eigenvalue weighted by molar-refractivity contribution is 5.76. The van der Waals surface area contributed by atoms with Crippen molar-refractivity contribution in [1.29, 1.82) is 0 Å². The fraction of sp³-hybridized carbons (Fsp3) is 0.833. The van der Waals surface area contributed by atoms with Crippen LogP contribution in [0, 0.1) is 0 Å². The molecule has 2 atom stereocenters. The molecule has 0 bridgehead atoms. The number of hydrogen-bond donors (Lipinski definition) is 3. The van der Waals surface area contributed by atoms with Gasteiger partial charge in [0.2, 0.25) is 5.91 Å². The minimum Gasteiger partial charge on any atom is -0.394 e. The van der Waals surface area contributed by atoms with Crippen LogP contribution in [0.1, 0.15) is 142 Å². The molecule has 3 N–H and O–H groups in total. The van der Waals surface area contributed by atoms with E-state index in [4.69, 9.17) is 0 Å². The summed E-state index contributed by atoms with van der Waals surface area (Å²) >= 11 is 0. The predicted octanol–water partition coefficient (Wildman–Crippen LogP) is 7.78. The van der Waals surface area contributed by atoms with Crippen molar-refractivity contribution in [2.24, 2.45) is 0 Å². The first-order valence-corrected chi connectivity index (χ1v) is 14.6. The Morgan fingerprint density at radius 1 is 0.676 bits per heavy atom. The molecule has 0 aliphatic heterocycles. The van der Waals surface area contributed by atoms with E-state index < -0.39 is 12.1 Å². The summed E-state index contributed by atoms with van der Waals surface area (Å²) in [4.78, 5) is 12.1. The first-order valence-electron chi connectivity index (χ1n) is 14.6. The van der Waals surface area contributed by atoms with Crippen LogP contribution in [-0.2, 0) is 4.79 Å². The maximum Gasteiger partial charge on any atom is 0.220 e. The molecule has 0 spiro atoms. The lowest BCUT2D eigenvalue weighted by Crippen LogP contribution is -2.45. The number of aliphatic hydroxyl groups is 2. The van der Waals surface area contributed by atoms with Crippen LogP contribution in [0.5, 0.6) is 0 Å². The molecular formula is C30H57NO3. The van der Waals surface area contributed by atoms with E-state index in [2.05, 4.69) is 31.3 Å². The number of carbonyl (C=O) groups is 1. The molecule has 4 heteroatoms. The van der Waals surface area contributed by atoms with Crippen molar-refractivity contribution in [1.82, 2.24) is 5.32 Å². The molecule has 0 saturated carbocycles. The summed E-state index contributed by atoms with van der Waals surface area (Å²) in [5.74, 6) is -0.0838. The smallest absolute Gasteiger partial charge is 0.220 e. The lowest BCUT2D eigenvalue weighted by molar-refractivity contribution is -0.123. The van der Waals surface area contributed by atoms with Crippen LogP contribution < -0.4 is 5.32 Å². The van der Waals surface area contributed by atoms with Crippen LogP contribution in [0.3, 0.4) is 0 Å². The summed E-state index contributed by atoms with van der Waals surface area (Å²) in [6.45, 7) is 4.22. The lowest BCUT2D eigenvalue weighted by Gasteiger charge is -2.19. The SMILES string of the molecule is CCCCCCCCCCC/C=C/CC/C=C/C(O)C(CO)NC(=O)CCCCCCCCC. The van der Waals surface area contributed by atoms with Crippen molar-refractivity contribution in [2.45, 2.75) is 154 Å². The summed E-state index contributed by atoms with van der Waals surface area (Å²) in [6.07, 6.45) is 31.1. The standard InChI is InChI=1S/C30H57NO3/c1-3-5-7-9-11-12-13-14-15-16-17-18-20-21-23-25-29(33)28(27-32)31-30(34)26-24-22-19-10-8-6-4-2/h17-18,23,25,28-29,32-33H,3-16,19-22,24,26-27H2,1-2H3,(H,31,34)/b18-17+,25-23+. The van der Waals surface area contributed by atoms with Gasteiger partial charge in [-0.25, -0.2) is 0 Å². The molecule has 0 radical (unpaired) electrons. The van der Waals surface area contributed by atoms with Gasteiger partial charge in [0.25, 0.3) is 0 Å². The van der Waals surface area contributed by atoms with Gasteiger partial charge in [-0.3, -0.25) is 4.79 Å². The summed E-state index contributed by atoms with van der Waals surface area (Å²) in [5.41, 5.74) is 0. The van der Waals surface area contributed by atoms with Gasteiger partial charge in [0.15, 0.2) is 0 Å². The zero-order valence-corrected chi connectivity index (χ0v) is 22.6. The number of allylic oxidation sites excluding steroid dienone is 3. The number of aliphatic hydroxyl groups excluding tert-OH is 2. The maximum atomic E-state index is 12.1. The van der Waals surface area contributed by atoms with Crippen molar-refractivity contribution in [3.63, 3.8) is 0 Å². The van der Waals surface area contributed by atoms with Crippen LogP contribution in [0.15, 0.2) is 24.3 Å². The highest BCUT2D eigenvalue weighted by Crippen LogP contribution is 2.11. The molecule has 0 rings (SSSR count). The van der Waals surface area contributed by atoms with Crippen LogP contribution in [0.4, 0.5) is 0 Å². The Labute approximate surface area is 211 Å². The summed E-state index contributed by atoms with van der Waals surface area (Å²) in [6, 6.07) is -0.629. The topological polar surface area (TPSA) is 69.6 Å². The first kappa shape index (κ1) is 32.9. The monoisotopic (exact) mass is 479 g/mol. The lowest BCUT2D eigenvalue weighted by atomic mass is 10.1. The Kier molecular flexibility index (Phi) is 25.6. The molecule has 2 unspecified atom stereocenters. The van der Waals surface area contributed by atoms with Crippen LogP contribution in [0.25, 0.3) is 0 Å². The Morgan fingerprint density at radius 2 is 1.15 bits per heavy atom. The molecule has 200 valence electrons. The quantitative estimate of drug-likeness (QED) is 0.0924. The van der Waals surface area contributed by atoms with Crippen molar-refractivity contribution in [3.05, 3.63) is 24.3 Å². The zero-order chi connectivity index (χ0) is 25.1. The second-order valence-corrected chi connectivity index (χ2v) is 9.81. The van der Waals surface area contributed by atoms with Crippen LogP contribution >= 0.6 is 0 Å². The van der Waals surface area contributed by atoms with Gasteiger partial charge in [0, 0.05) is 6.42 Å². The number of amides is 1. The Hall–Kier alpha value is -1.13. The van der Waals surface area contributed by atoms with Crippen molar-refractivity contribution < 1.29 is 15.0 Å². The highest BCUT2D eigenvalue weighted by atomic mass is 16.3. The van der Waals surface area contributed by atoms with Crippen molar-refractivity contribution in [2.75, 3.05) is 6.61 Å². The molecule has 0 saturated heterocycles. The van der Waals surface area contributed by atoms with Gasteiger partial charge in [-0.2, -0.15) is 0 Å². The second kappa shape index (κ2) is 26.5. The van der Waals surface area contributed by atoms with Crippen LogP contribution in [0.2, 0.25) is 0 Å². The van der Waals surface area contributed by atoms with Crippen molar-refractivity contribution >= 4 is 5.91 Å². The molecule has 0 aromatic carbocycles. The van der Waals surface area contributed by atoms with Gasteiger partial charge in [-0.1, -0.05) is 128 Å². The Balaban J connectivity index is 3.74. The molecule has 4 nitrogen and oxygen atoms in total. The van der Waals surface area contributed by atoms with Gasteiger partial charge < -0.3 is 15.5 Å². The minimum atomic E-state index is -0.853. The fourth-order valence-corrected chi connectivity index (χ4v) is 4.13. The normalized spacial score (nSPS) is 13.6. The van der Waals surface area contributed by atoms with Crippen LogP contribution in [-0.4, -0.2) is 34.9 Å². The Morgan fingerprint density at radius 3 is 1.71 bits per heavy atom. The molecule has 0 aromatic rings. The molecule has 1 amide bonds. The second-order valence-electron chi connectivity index (χ2n) is 9.81. The largest absolute Gasteiger partial charge is 0.394 e. The van der Waals surface area contributed by atoms with Gasteiger partial charge in [-0.15, -0.1) is 0 Å². The molecule has 0 fully saturated rings. The third-order valence-corrected chi connectivity index (χ3v) is 6.44. The summed E-state index contributed by atoms with van der Waals surface area (Å²) < 4.78 is 0. The summed E-state index contributed by atoms with van der Waals surface area (Å²) in [5, 5.41) is 22.6. The third kappa shape index (κ3) is 22.7. The van der Waals surface area contributed by atoms with Gasteiger partial charge in [0.05, 0.1) is 18.8 Å². The van der Waals surface area contributed by atoms with Gasteiger partial charge in [-0.05, 0) is 32.1 Å². The molecule has 0 aliphatic rings. The van der Waals surface area contributed by atoms with Gasteiger partial charge in [0.1, 0.15) is 0 Å². The molecule has 0 heterocycles. The number of unbranched alkanes of at least 4 members (excludes halogenated alkanes) is 16. The van der Waals surface area contributed by atoms with E-state index >= 15 is 0 Å². The maximum absolute atomic E-state index is 12.1. The zero-order valence-electron chi connectivity index (χ0n) is 22.6. The van der Waals surface area contributed by atoms with Gasteiger partial charge >= 0.3 is 0 Å². The minimum absolute atomic E-state index is 0.0838. The molecule has 0 aliphatic carbocycles. The highest BCUT2D eigenvalue weighted by Gasteiger charge is 2.17. The summed E-state index contributed by atoms with van der Waals surface area (Å²) in [7, 11) is 0. The van der Waals surface area contributed by atoms with E-state index in [9.17, 15) is 15.0 Å². The van der Waals surface area contributed by atoms with E-state index in [0.717, 1.165) is 32.1 Å². The number of hydrogen-bond acceptors (Lipinski definition) is 3. The van der Waals surface area contributed by atoms with E-state index in [-0.39, 0.29) is 12.5 Å². The first-order chi connectivity index (χ1) is 16.7. The van der Waals surface area contributed by atoms with Crippen molar-refractivity contribution in [3.8, 4) is 0 Å².